The summed E-state index contributed by atoms with van der Waals surface area (Å²) in [4.78, 5) is 29.5. The fraction of sp³-hybridized carbons (Fsp3) is 0.391. The molecule has 1 heterocycles. The van der Waals surface area contributed by atoms with Crippen molar-refractivity contribution in [2.45, 2.75) is 45.6 Å². The summed E-state index contributed by atoms with van der Waals surface area (Å²) in [7, 11) is 0. The van der Waals surface area contributed by atoms with E-state index in [1.54, 1.807) is 29.2 Å². The standard InChI is InChI=1S/C23H28N2O2/c1-3-20-10-8-9-17-25(20)23(27)19-15-13-18(14-16-19)22(26)24(4-2)21-11-6-5-7-12-21/h5-7,11-16,20H,3-4,8-10,17H2,1-2H3. The highest BCUT2D eigenvalue weighted by molar-refractivity contribution is 6.06. The van der Waals surface area contributed by atoms with Gasteiger partial charge in [-0.15, -0.1) is 0 Å². The SMILES string of the molecule is CCC1CCCCN1C(=O)c1ccc(C(=O)N(CC)c2ccccc2)cc1. The summed E-state index contributed by atoms with van der Waals surface area (Å²) in [5.74, 6) is 0.0306. The Bertz CT molecular complexity index is 771. The Hall–Kier alpha value is -2.62. The molecular weight excluding hydrogens is 336 g/mol. The second kappa shape index (κ2) is 8.85. The molecule has 0 N–H and O–H groups in total. The Morgan fingerprint density at radius 2 is 1.63 bits per heavy atom. The van der Waals surface area contributed by atoms with Crippen LogP contribution in [0.3, 0.4) is 0 Å². The number of para-hydroxylation sites is 1. The summed E-state index contributed by atoms with van der Waals surface area (Å²) in [6.45, 7) is 5.52. The minimum Gasteiger partial charge on any atom is -0.336 e. The zero-order valence-corrected chi connectivity index (χ0v) is 16.2. The van der Waals surface area contributed by atoms with E-state index in [0.717, 1.165) is 31.5 Å². The van der Waals surface area contributed by atoms with Crippen LogP contribution in [0.4, 0.5) is 5.69 Å². The van der Waals surface area contributed by atoms with Gasteiger partial charge in [-0.1, -0.05) is 25.1 Å². The maximum atomic E-state index is 12.9. The minimum absolute atomic E-state index is 0.0490. The van der Waals surface area contributed by atoms with Crippen LogP contribution in [-0.4, -0.2) is 35.8 Å². The molecule has 4 nitrogen and oxygen atoms in total. The zero-order valence-electron chi connectivity index (χ0n) is 16.2. The van der Waals surface area contributed by atoms with Crippen molar-refractivity contribution in [1.82, 2.24) is 4.90 Å². The lowest BCUT2D eigenvalue weighted by Gasteiger charge is -2.35. The largest absolute Gasteiger partial charge is 0.336 e. The molecule has 0 saturated carbocycles. The summed E-state index contributed by atoms with van der Waals surface area (Å²) in [5.41, 5.74) is 2.14. The Morgan fingerprint density at radius 1 is 0.963 bits per heavy atom. The molecule has 27 heavy (non-hydrogen) atoms. The number of likely N-dealkylation sites (tertiary alicyclic amines) is 1. The van der Waals surface area contributed by atoms with Crippen LogP contribution < -0.4 is 4.90 Å². The molecule has 1 atom stereocenters. The Balaban J connectivity index is 1.76. The molecule has 1 aliphatic rings. The van der Waals surface area contributed by atoms with Gasteiger partial charge in [0.1, 0.15) is 0 Å². The summed E-state index contributed by atoms with van der Waals surface area (Å²) >= 11 is 0. The van der Waals surface area contributed by atoms with Gasteiger partial charge in [0.05, 0.1) is 0 Å². The normalized spacial score (nSPS) is 16.8. The lowest BCUT2D eigenvalue weighted by molar-refractivity contribution is 0.0607. The summed E-state index contributed by atoms with van der Waals surface area (Å²) in [6, 6.07) is 17.1. The first-order chi connectivity index (χ1) is 13.2. The fourth-order valence-corrected chi connectivity index (χ4v) is 3.82. The first-order valence-electron chi connectivity index (χ1n) is 9.93. The van der Waals surface area contributed by atoms with Gasteiger partial charge in [-0.05, 0) is 69.0 Å². The molecule has 142 valence electrons. The quantitative estimate of drug-likeness (QED) is 0.767. The van der Waals surface area contributed by atoms with Gasteiger partial charge in [-0.3, -0.25) is 9.59 Å². The average molecular weight is 364 g/mol. The van der Waals surface area contributed by atoms with E-state index in [-0.39, 0.29) is 11.8 Å². The van der Waals surface area contributed by atoms with Crippen molar-refractivity contribution in [1.29, 1.82) is 0 Å². The number of carbonyl (C=O) groups is 2. The molecule has 0 spiro atoms. The van der Waals surface area contributed by atoms with E-state index in [1.807, 2.05) is 42.2 Å². The van der Waals surface area contributed by atoms with Crippen molar-refractivity contribution in [3.05, 3.63) is 65.7 Å². The van der Waals surface area contributed by atoms with Gasteiger partial charge in [0.15, 0.2) is 0 Å². The molecule has 1 fully saturated rings. The maximum Gasteiger partial charge on any atom is 0.258 e. The van der Waals surface area contributed by atoms with Crippen LogP contribution >= 0.6 is 0 Å². The number of rotatable bonds is 5. The second-order valence-electron chi connectivity index (χ2n) is 7.02. The van der Waals surface area contributed by atoms with Crippen molar-refractivity contribution < 1.29 is 9.59 Å². The van der Waals surface area contributed by atoms with Gasteiger partial charge in [0, 0.05) is 35.9 Å². The van der Waals surface area contributed by atoms with Crippen LogP contribution in [0.25, 0.3) is 0 Å². The van der Waals surface area contributed by atoms with Crippen LogP contribution in [0.15, 0.2) is 54.6 Å². The summed E-state index contributed by atoms with van der Waals surface area (Å²) in [6.07, 6.45) is 4.34. The first-order valence-corrected chi connectivity index (χ1v) is 9.93. The number of anilines is 1. The highest BCUT2D eigenvalue weighted by atomic mass is 16.2. The van der Waals surface area contributed by atoms with E-state index in [9.17, 15) is 9.59 Å². The summed E-state index contributed by atoms with van der Waals surface area (Å²) < 4.78 is 0. The maximum absolute atomic E-state index is 12.9. The van der Waals surface area contributed by atoms with Crippen LogP contribution in [0.5, 0.6) is 0 Å². The zero-order chi connectivity index (χ0) is 19.2. The van der Waals surface area contributed by atoms with Crippen molar-refractivity contribution >= 4 is 17.5 Å². The number of piperidine rings is 1. The molecule has 0 radical (unpaired) electrons. The van der Waals surface area contributed by atoms with E-state index >= 15 is 0 Å². The van der Waals surface area contributed by atoms with Crippen LogP contribution in [0.1, 0.15) is 60.2 Å². The molecule has 2 aromatic rings. The van der Waals surface area contributed by atoms with Gasteiger partial charge in [-0.2, -0.15) is 0 Å². The van der Waals surface area contributed by atoms with E-state index < -0.39 is 0 Å². The number of carbonyl (C=O) groups excluding carboxylic acids is 2. The molecule has 4 heteroatoms. The van der Waals surface area contributed by atoms with E-state index in [4.69, 9.17) is 0 Å². The second-order valence-corrected chi connectivity index (χ2v) is 7.02. The molecule has 2 aromatic carbocycles. The molecule has 0 bridgehead atoms. The fourth-order valence-electron chi connectivity index (χ4n) is 3.82. The predicted octanol–water partition coefficient (Wildman–Crippen LogP) is 4.76. The molecule has 1 aliphatic heterocycles. The van der Waals surface area contributed by atoms with Gasteiger partial charge in [-0.25, -0.2) is 0 Å². The molecule has 0 aliphatic carbocycles. The van der Waals surface area contributed by atoms with E-state index in [2.05, 4.69) is 6.92 Å². The lowest BCUT2D eigenvalue weighted by Crippen LogP contribution is -2.43. The van der Waals surface area contributed by atoms with Gasteiger partial charge in [0.25, 0.3) is 11.8 Å². The predicted molar refractivity (Wildman–Crippen MR) is 109 cm³/mol. The van der Waals surface area contributed by atoms with Crippen molar-refractivity contribution in [3.8, 4) is 0 Å². The van der Waals surface area contributed by atoms with Crippen LogP contribution in [0.2, 0.25) is 0 Å². The van der Waals surface area contributed by atoms with E-state index in [0.29, 0.717) is 23.7 Å². The third-order valence-electron chi connectivity index (χ3n) is 5.37. The van der Waals surface area contributed by atoms with Gasteiger partial charge < -0.3 is 9.80 Å². The molecule has 3 rings (SSSR count). The summed E-state index contributed by atoms with van der Waals surface area (Å²) in [5, 5.41) is 0. The Labute approximate surface area is 161 Å². The minimum atomic E-state index is -0.0490. The topological polar surface area (TPSA) is 40.6 Å². The number of amides is 2. The lowest BCUT2D eigenvalue weighted by atomic mass is 9.98. The van der Waals surface area contributed by atoms with Gasteiger partial charge in [0.2, 0.25) is 0 Å². The molecule has 1 saturated heterocycles. The molecule has 1 unspecified atom stereocenters. The third-order valence-corrected chi connectivity index (χ3v) is 5.37. The Kier molecular flexibility index (Phi) is 6.28. The van der Waals surface area contributed by atoms with Gasteiger partial charge >= 0.3 is 0 Å². The molecule has 0 aromatic heterocycles. The third kappa shape index (κ3) is 4.21. The number of hydrogen-bond acceptors (Lipinski definition) is 2. The van der Waals surface area contributed by atoms with E-state index in [1.165, 1.54) is 6.42 Å². The number of hydrogen-bond donors (Lipinski definition) is 0. The average Bonchev–Trinajstić information content (AvgIpc) is 2.74. The number of benzene rings is 2. The van der Waals surface area contributed by atoms with Crippen LogP contribution in [-0.2, 0) is 0 Å². The molecule has 2 amide bonds. The monoisotopic (exact) mass is 364 g/mol. The smallest absolute Gasteiger partial charge is 0.258 e. The van der Waals surface area contributed by atoms with Crippen molar-refractivity contribution in [3.63, 3.8) is 0 Å². The van der Waals surface area contributed by atoms with Crippen molar-refractivity contribution in [2.24, 2.45) is 0 Å². The van der Waals surface area contributed by atoms with Crippen molar-refractivity contribution in [2.75, 3.05) is 18.0 Å². The first kappa shape index (κ1) is 19.2. The highest BCUT2D eigenvalue weighted by Crippen LogP contribution is 2.22. The molecular formula is C23H28N2O2. The van der Waals surface area contributed by atoms with Crippen LogP contribution in [0, 0.1) is 0 Å². The Morgan fingerprint density at radius 3 is 2.26 bits per heavy atom. The highest BCUT2D eigenvalue weighted by Gasteiger charge is 2.26. The number of nitrogens with zero attached hydrogens (tertiary/aromatic N) is 2.